The molecular weight excluding hydrogens is 492 g/mol. The number of ether oxygens (including phenoxy) is 1. The van der Waals surface area contributed by atoms with Gasteiger partial charge < -0.3 is 19.9 Å². The van der Waals surface area contributed by atoms with Gasteiger partial charge in [-0.05, 0) is 73.2 Å². The summed E-state index contributed by atoms with van der Waals surface area (Å²) in [7, 11) is 0. The summed E-state index contributed by atoms with van der Waals surface area (Å²) in [6.45, 7) is 2.96. The van der Waals surface area contributed by atoms with Gasteiger partial charge in [-0.25, -0.2) is 9.78 Å². The Morgan fingerprint density at radius 3 is 2.59 bits per heavy atom. The van der Waals surface area contributed by atoms with Crippen molar-refractivity contribution in [3.63, 3.8) is 0 Å². The van der Waals surface area contributed by atoms with Crippen molar-refractivity contribution < 1.29 is 14.4 Å². The van der Waals surface area contributed by atoms with Gasteiger partial charge in [-0.3, -0.25) is 4.79 Å². The normalized spacial score (nSPS) is 12.7. The van der Waals surface area contributed by atoms with Gasteiger partial charge in [0.05, 0.1) is 11.0 Å². The van der Waals surface area contributed by atoms with Gasteiger partial charge in [0.15, 0.2) is 0 Å². The molecule has 8 heteroatoms. The zero-order valence-corrected chi connectivity index (χ0v) is 21.9. The third kappa shape index (κ3) is 4.79. The SMILES string of the molecule is CC(=O)On1c(=O)c(-c2cn(CCCN)c3cc(OCc4ccccc4)ccc23)nc2cc3c(cc21)CCC3. The summed E-state index contributed by atoms with van der Waals surface area (Å²) in [6.07, 6.45) is 5.67. The van der Waals surface area contributed by atoms with Crippen molar-refractivity contribution >= 4 is 27.9 Å². The van der Waals surface area contributed by atoms with Gasteiger partial charge in [0.25, 0.3) is 0 Å². The predicted octanol–water partition coefficient (Wildman–Crippen LogP) is 4.41. The Morgan fingerprint density at radius 2 is 1.82 bits per heavy atom. The molecule has 0 amide bonds. The number of fused-ring (bicyclic) bond motifs is 3. The fourth-order valence-corrected chi connectivity index (χ4v) is 5.36. The molecule has 0 bridgehead atoms. The minimum atomic E-state index is -0.568. The zero-order chi connectivity index (χ0) is 26.9. The van der Waals surface area contributed by atoms with E-state index in [0.29, 0.717) is 36.3 Å². The van der Waals surface area contributed by atoms with E-state index in [-0.39, 0.29) is 5.69 Å². The van der Waals surface area contributed by atoms with Crippen molar-refractivity contribution in [2.75, 3.05) is 6.54 Å². The summed E-state index contributed by atoms with van der Waals surface area (Å²) >= 11 is 0. The Morgan fingerprint density at radius 1 is 1.03 bits per heavy atom. The first kappa shape index (κ1) is 24.9. The van der Waals surface area contributed by atoms with Crippen LogP contribution in [0.3, 0.4) is 0 Å². The molecular formula is C31H30N4O4. The number of carbonyl (C=O) groups is 1. The van der Waals surface area contributed by atoms with Crippen LogP contribution < -0.4 is 20.9 Å². The van der Waals surface area contributed by atoms with Crippen molar-refractivity contribution in [3.8, 4) is 17.0 Å². The van der Waals surface area contributed by atoms with Crippen LogP contribution in [0.1, 0.15) is 36.5 Å². The lowest BCUT2D eigenvalue weighted by atomic mass is 10.1. The molecule has 39 heavy (non-hydrogen) atoms. The highest BCUT2D eigenvalue weighted by Crippen LogP contribution is 2.33. The molecule has 0 atom stereocenters. The molecule has 1 aliphatic carbocycles. The lowest BCUT2D eigenvalue weighted by Crippen LogP contribution is -2.31. The van der Waals surface area contributed by atoms with Crippen molar-refractivity contribution in [2.45, 2.75) is 45.8 Å². The summed E-state index contributed by atoms with van der Waals surface area (Å²) in [5, 5.41) is 0.860. The monoisotopic (exact) mass is 522 g/mol. The molecule has 1 aliphatic rings. The van der Waals surface area contributed by atoms with E-state index in [9.17, 15) is 9.59 Å². The summed E-state index contributed by atoms with van der Waals surface area (Å²) < 4.78 is 9.26. The molecule has 0 saturated heterocycles. The van der Waals surface area contributed by atoms with Crippen LogP contribution in [-0.4, -0.2) is 26.8 Å². The first-order chi connectivity index (χ1) is 19.0. The highest BCUT2D eigenvalue weighted by atomic mass is 16.7. The number of rotatable bonds is 8. The fraction of sp³-hybridized carbons (Fsp3) is 0.258. The number of nitrogens with zero attached hydrogens (tertiary/aromatic N) is 3. The van der Waals surface area contributed by atoms with Gasteiger partial charge in [0.1, 0.15) is 23.6 Å². The van der Waals surface area contributed by atoms with Gasteiger partial charge in [0.2, 0.25) is 0 Å². The summed E-state index contributed by atoms with van der Waals surface area (Å²) in [6, 6.07) is 19.8. The van der Waals surface area contributed by atoms with Crippen LogP contribution in [0.2, 0.25) is 0 Å². The van der Waals surface area contributed by atoms with Crippen LogP contribution >= 0.6 is 0 Å². The minimum absolute atomic E-state index is 0.233. The van der Waals surface area contributed by atoms with Crippen LogP contribution in [0.25, 0.3) is 33.2 Å². The van der Waals surface area contributed by atoms with Crippen molar-refractivity contribution in [2.24, 2.45) is 5.73 Å². The van der Waals surface area contributed by atoms with Crippen LogP contribution in [0.4, 0.5) is 0 Å². The van der Waals surface area contributed by atoms with E-state index in [2.05, 4.69) is 4.57 Å². The second-order valence-corrected chi connectivity index (χ2v) is 9.94. The minimum Gasteiger partial charge on any atom is -0.489 e. The van der Waals surface area contributed by atoms with Crippen molar-refractivity contribution in [3.05, 3.63) is 93.9 Å². The number of hydrogen-bond donors (Lipinski definition) is 1. The van der Waals surface area contributed by atoms with Gasteiger partial charge >= 0.3 is 11.5 Å². The molecule has 0 spiro atoms. The number of hydrogen-bond acceptors (Lipinski definition) is 6. The van der Waals surface area contributed by atoms with E-state index in [0.717, 1.165) is 52.6 Å². The smallest absolute Gasteiger partial charge is 0.330 e. The molecule has 0 fully saturated rings. The van der Waals surface area contributed by atoms with Crippen LogP contribution in [-0.2, 0) is 30.8 Å². The van der Waals surface area contributed by atoms with Crippen LogP contribution in [0.5, 0.6) is 5.75 Å². The lowest BCUT2D eigenvalue weighted by molar-refractivity contribution is -0.141. The standard InChI is InChI=1S/C31H30N4O4/c1-20(36)39-35-29-16-23-10-5-9-22(23)15-27(29)33-30(31(35)37)26-18-34(14-6-13-32)28-17-24(11-12-25(26)28)38-19-21-7-3-2-4-8-21/h2-4,7-8,11-12,15-18H,5-6,9-10,13-14,19,32H2,1H3. The Labute approximate surface area is 225 Å². The number of aryl methyl sites for hydroxylation is 3. The first-order valence-corrected chi connectivity index (χ1v) is 13.3. The average Bonchev–Trinajstić information content (AvgIpc) is 3.55. The summed E-state index contributed by atoms with van der Waals surface area (Å²) in [5.41, 5.74) is 11.8. The van der Waals surface area contributed by atoms with Crippen molar-refractivity contribution in [1.29, 1.82) is 0 Å². The number of benzene rings is 3. The molecule has 0 radical (unpaired) electrons. The third-order valence-corrected chi connectivity index (χ3v) is 7.21. The van der Waals surface area contributed by atoms with Crippen molar-refractivity contribution in [1.82, 2.24) is 14.3 Å². The van der Waals surface area contributed by atoms with Crippen LogP contribution in [0.15, 0.2) is 71.7 Å². The van der Waals surface area contributed by atoms with E-state index in [1.54, 1.807) is 0 Å². The Kier molecular flexibility index (Phi) is 6.62. The fourth-order valence-electron chi connectivity index (χ4n) is 5.36. The molecule has 0 aliphatic heterocycles. The number of nitrogens with two attached hydrogens (primary N) is 1. The molecule has 5 aromatic rings. The first-order valence-electron chi connectivity index (χ1n) is 13.3. The molecule has 8 nitrogen and oxygen atoms in total. The molecule has 198 valence electrons. The Balaban J connectivity index is 1.49. The topological polar surface area (TPSA) is 101 Å². The molecule has 2 aromatic heterocycles. The predicted molar refractivity (Wildman–Crippen MR) is 151 cm³/mol. The maximum atomic E-state index is 13.8. The van der Waals surface area contributed by atoms with E-state index >= 15 is 0 Å². The highest BCUT2D eigenvalue weighted by Gasteiger charge is 2.22. The third-order valence-electron chi connectivity index (χ3n) is 7.21. The molecule has 0 unspecified atom stereocenters. The molecule has 2 N–H and O–H groups in total. The molecule has 2 heterocycles. The average molecular weight is 523 g/mol. The van der Waals surface area contributed by atoms with E-state index in [4.69, 9.17) is 20.3 Å². The number of aromatic nitrogens is 3. The van der Waals surface area contributed by atoms with Gasteiger partial charge in [-0.2, -0.15) is 0 Å². The quantitative estimate of drug-likeness (QED) is 0.324. The largest absolute Gasteiger partial charge is 0.489 e. The van der Waals surface area contributed by atoms with E-state index in [1.807, 2.05) is 66.9 Å². The van der Waals surface area contributed by atoms with E-state index < -0.39 is 11.5 Å². The maximum absolute atomic E-state index is 13.8. The zero-order valence-electron chi connectivity index (χ0n) is 21.9. The lowest BCUT2D eigenvalue weighted by Gasteiger charge is -2.12. The highest BCUT2D eigenvalue weighted by molar-refractivity contribution is 5.96. The molecule has 6 rings (SSSR count). The molecule has 0 saturated carbocycles. The second-order valence-electron chi connectivity index (χ2n) is 9.94. The number of carbonyl (C=O) groups excluding carboxylic acids is 1. The summed E-state index contributed by atoms with van der Waals surface area (Å²) in [5.74, 6) is 0.158. The van der Waals surface area contributed by atoms with Gasteiger partial charge in [-0.1, -0.05) is 30.3 Å². The second kappa shape index (κ2) is 10.4. The maximum Gasteiger partial charge on any atom is 0.330 e. The Hall–Kier alpha value is -4.43. The summed E-state index contributed by atoms with van der Waals surface area (Å²) in [4.78, 5) is 36.1. The molecule has 3 aromatic carbocycles. The van der Waals surface area contributed by atoms with Gasteiger partial charge in [0, 0.05) is 36.7 Å². The Bertz CT molecular complexity index is 1750. The van der Waals surface area contributed by atoms with Gasteiger partial charge in [-0.15, -0.1) is 4.73 Å². The van der Waals surface area contributed by atoms with Crippen LogP contribution in [0, 0.1) is 0 Å². The van der Waals surface area contributed by atoms with E-state index in [1.165, 1.54) is 18.1 Å².